The molecule has 0 heterocycles. The highest BCUT2D eigenvalue weighted by Gasteiger charge is 2.03. The van der Waals surface area contributed by atoms with Crippen LogP contribution in [0.15, 0.2) is 24.3 Å². The van der Waals surface area contributed by atoms with Crippen molar-refractivity contribution in [3.05, 3.63) is 24.3 Å². The summed E-state index contributed by atoms with van der Waals surface area (Å²) in [5, 5.41) is 5.51. The molecular formula is C15H24ClN3O2. The number of carbonyl (C=O) groups excluding carboxylic acids is 2. The fourth-order valence-electron chi connectivity index (χ4n) is 1.88. The SMILES string of the molecule is CC(=O)Nc1cccc(NC(=O)CCCCCCN)c1.Cl. The molecule has 0 bridgehead atoms. The van der Waals surface area contributed by atoms with Crippen LogP contribution in [-0.4, -0.2) is 18.4 Å². The average Bonchev–Trinajstić information content (AvgIpc) is 2.38. The van der Waals surface area contributed by atoms with Crippen LogP contribution in [0.3, 0.4) is 0 Å². The summed E-state index contributed by atoms with van der Waals surface area (Å²) < 4.78 is 0. The second-order valence-electron chi connectivity index (χ2n) is 4.76. The first-order valence-corrected chi connectivity index (χ1v) is 6.99. The summed E-state index contributed by atoms with van der Waals surface area (Å²) in [5.41, 5.74) is 6.79. The molecule has 6 heteroatoms. The van der Waals surface area contributed by atoms with Gasteiger partial charge >= 0.3 is 0 Å². The topological polar surface area (TPSA) is 84.2 Å². The van der Waals surface area contributed by atoms with Gasteiger partial charge in [0.15, 0.2) is 0 Å². The molecular weight excluding hydrogens is 290 g/mol. The van der Waals surface area contributed by atoms with Crippen LogP contribution in [0.25, 0.3) is 0 Å². The van der Waals surface area contributed by atoms with Gasteiger partial charge in [0.05, 0.1) is 0 Å². The van der Waals surface area contributed by atoms with E-state index < -0.39 is 0 Å². The molecule has 1 aromatic carbocycles. The van der Waals surface area contributed by atoms with Crippen molar-refractivity contribution in [1.29, 1.82) is 0 Å². The fourth-order valence-corrected chi connectivity index (χ4v) is 1.88. The van der Waals surface area contributed by atoms with Gasteiger partial charge in [-0.15, -0.1) is 12.4 Å². The zero-order valence-corrected chi connectivity index (χ0v) is 13.2. The van der Waals surface area contributed by atoms with E-state index in [0.717, 1.165) is 25.7 Å². The molecule has 0 fully saturated rings. The van der Waals surface area contributed by atoms with Crippen LogP contribution < -0.4 is 16.4 Å². The summed E-state index contributed by atoms with van der Waals surface area (Å²) in [6, 6.07) is 7.12. The zero-order valence-electron chi connectivity index (χ0n) is 12.4. The first-order valence-electron chi connectivity index (χ1n) is 6.99. The molecule has 0 aliphatic carbocycles. The molecule has 0 aliphatic heterocycles. The Labute approximate surface area is 132 Å². The number of carbonyl (C=O) groups is 2. The lowest BCUT2D eigenvalue weighted by molar-refractivity contribution is -0.116. The Morgan fingerprint density at radius 2 is 1.67 bits per heavy atom. The molecule has 1 aromatic rings. The number of hydrogen-bond donors (Lipinski definition) is 3. The van der Waals surface area contributed by atoms with Crippen LogP contribution in [0, 0.1) is 0 Å². The Hall–Kier alpha value is -1.59. The van der Waals surface area contributed by atoms with E-state index in [1.807, 2.05) is 0 Å². The molecule has 21 heavy (non-hydrogen) atoms. The Morgan fingerprint density at radius 3 is 2.29 bits per heavy atom. The fraction of sp³-hybridized carbons (Fsp3) is 0.467. The predicted molar refractivity (Wildman–Crippen MR) is 88.8 cm³/mol. The van der Waals surface area contributed by atoms with Crippen LogP contribution >= 0.6 is 12.4 Å². The highest BCUT2D eigenvalue weighted by molar-refractivity contribution is 5.93. The molecule has 4 N–H and O–H groups in total. The monoisotopic (exact) mass is 313 g/mol. The van der Waals surface area contributed by atoms with E-state index in [1.54, 1.807) is 24.3 Å². The smallest absolute Gasteiger partial charge is 0.224 e. The predicted octanol–water partition coefficient (Wildman–Crippen LogP) is 2.91. The molecule has 0 aromatic heterocycles. The lowest BCUT2D eigenvalue weighted by Crippen LogP contribution is -2.12. The molecule has 0 unspecified atom stereocenters. The Kier molecular flexibility index (Phi) is 10.3. The van der Waals surface area contributed by atoms with Crippen molar-refractivity contribution >= 4 is 35.6 Å². The minimum absolute atomic E-state index is 0. The second-order valence-corrected chi connectivity index (χ2v) is 4.76. The van der Waals surface area contributed by atoms with E-state index in [2.05, 4.69) is 10.6 Å². The van der Waals surface area contributed by atoms with E-state index in [-0.39, 0.29) is 24.2 Å². The Bertz CT molecular complexity index is 452. The largest absolute Gasteiger partial charge is 0.330 e. The van der Waals surface area contributed by atoms with E-state index in [0.29, 0.717) is 24.3 Å². The maximum absolute atomic E-state index is 11.8. The third-order valence-electron chi connectivity index (χ3n) is 2.82. The number of halogens is 1. The standard InChI is InChI=1S/C15H23N3O2.ClH/c1-12(19)17-13-7-6-8-14(11-13)18-15(20)9-4-2-3-5-10-16;/h6-8,11H,2-5,9-10,16H2,1H3,(H,17,19)(H,18,20);1H. The van der Waals surface area contributed by atoms with Crippen LogP contribution in [0.1, 0.15) is 39.0 Å². The van der Waals surface area contributed by atoms with Crippen molar-refractivity contribution in [2.24, 2.45) is 5.73 Å². The van der Waals surface area contributed by atoms with Crippen molar-refractivity contribution in [3.63, 3.8) is 0 Å². The summed E-state index contributed by atoms with van der Waals surface area (Å²) in [4.78, 5) is 22.7. The molecule has 1 rings (SSSR count). The number of nitrogens with one attached hydrogen (secondary N) is 2. The van der Waals surface area contributed by atoms with E-state index in [4.69, 9.17) is 5.73 Å². The summed E-state index contributed by atoms with van der Waals surface area (Å²) in [6.45, 7) is 2.16. The van der Waals surface area contributed by atoms with Crippen molar-refractivity contribution in [3.8, 4) is 0 Å². The van der Waals surface area contributed by atoms with Gasteiger partial charge in [-0.25, -0.2) is 0 Å². The van der Waals surface area contributed by atoms with Gasteiger partial charge in [-0.1, -0.05) is 18.9 Å². The van der Waals surface area contributed by atoms with E-state index in [9.17, 15) is 9.59 Å². The van der Waals surface area contributed by atoms with Gasteiger partial charge in [0.1, 0.15) is 0 Å². The van der Waals surface area contributed by atoms with Gasteiger partial charge in [0, 0.05) is 24.7 Å². The lowest BCUT2D eigenvalue weighted by atomic mass is 10.1. The molecule has 2 amide bonds. The zero-order chi connectivity index (χ0) is 14.8. The number of anilines is 2. The number of unbranched alkanes of at least 4 members (excludes halogenated alkanes) is 3. The maximum atomic E-state index is 11.8. The Morgan fingerprint density at radius 1 is 1.05 bits per heavy atom. The molecule has 0 aliphatic rings. The summed E-state index contributed by atoms with van der Waals surface area (Å²) >= 11 is 0. The van der Waals surface area contributed by atoms with Crippen molar-refractivity contribution < 1.29 is 9.59 Å². The van der Waals surface area contributed by atoms with E-state index in [1.165, 1.54) is 6.92 Å². The number of benzene rings is 1. The van der Waals surface area contributed by atoms with Crippen molar-refractivity contribution in [2.75, 3.05) is 17.2 Å². The minimum atomic E-state index is -0.131. The lowest BCUT2D eigenvalue weighted by Gasteiger charge is -2.07. The highest BCUT2D eigenvalue weighted by Crippen LogP contribution is 2.15. The van der Waals surface area contributed by atoms with Crippen LogP contribution in [0.5, 0.6) is 0 Å². The highest BCUT2D eigenvalue weighted by atomic mass is 35.5. The number of amides is 2. The first kappa shape index (κ1) is 19.4. The average molecular weight is 314 g/mol. The molecule has 118 valence electrons. The normalized spacial score (nSPS) is 9.62. The van der Waals surface area contributed by atoms with Crippen molar-refractivity contribution in [2.45, 2.75) is 39.0 Å². The molecule has 0 spiro atoms. The third-order valence-corrected chi connectivity index (χ3v) is 2.82. The maximum Gasteiger partial charge on any atom is 0.224 e. The van der Waals surface area contributed by atoms with Crippen LogP contribution in [-0.2, 0) is 9.59 Å². The summed E-state index contributed by atoms with van der Waals surface area (Å²) in [5.74, 6) is -0.133. The quantitative estimate of drug-likeness (QED) is 0.645. The number of nitrogens with two attached hydrogens (primary N) is 1. The molecule has 0 saturated carbocycles. The van der Waals surface area contributed by atoms with Crippen LogP contribution in [0.4, 0.5) is 11.4 Å². The van der Waals surface area contributed by atoms with Gasteiger partial charge < -0.3 is 16.4 Å². The van der Waals surface area contributed by atoms with Gasteiger partial charge in [-0.05, 0) is 37.6 Å². The second kappa shape index (κ2) is 11.1. The molecule has 5 nitrogen and oxygen atoms in total. The first-order chi connectivity index (χ1) is 9.61. The van der Waals surface area contributed by atoms with Gasteiger partial charge in [-0.2, -0.15) is 0 Å². The summed E-state index contributed by atoms with van der Waals surface area (Å²) in [7, 11) is 0. The van der Waals surface area contributed by atoms with Gasteiger partial charge in [0.2, 0.25) is 11.8 Å². The Balaban J connectivity index is 0.00000400. The van der Waals surface area contributed by atoms with E-state index >= 15 is 0 Å². The number of rotatable bonds is 8. The van der Waals surface area contributed by atoms with Gasteiger partial charge in [-0.3, -0.25) is 9.59 Å². The summed E-state index contributed by atoms with van der Waals surface area (Å²) in [6.07, 6.45) is 4.49. The molecule has 0 atom stereocenters. The molecule has 0 saturated heterocycles. The molecule has 0 radical (unpaired) electrons. The third kappa shape index (κ3) is 9.05. The minimum Gasteiger partial charge on any atom is -0.330 e. The van der Waals surface area contributed by atoms with Crippen molar-refractivity contribution in [1.82, 2.24) is 0 Å². The van der Waals surface area contributed by atoms with Crippen LogP contribution in [0.2, 0.25) is 0 Å². The van der Waals surface area contributed by atoms with Gasteiger partial charge in [0.25, 0.3) is 0 Å². The number of hydrogen-bond acceptors (Lipinski definition) is 3.